The molecule has 2 aromatic rings. The van der Waals surface area contributed by atoms with Crippen LogP contribution in [0.15, 0.2) is 36.5 Å². The van der Waals surface area contributed by atoms with E-state index in [-0.39, 0.29) is 11.6 Å². The molecule has 106 valence electrons. The molecule has 1 N–H and O–H groups in total. The van der Waals surface area contributed by atoms with Crippen molar-refractivity contribution in [2.75, 3.05) is 0 Å². The summed E-state index contributed by atoms with van der Waals surface area (Å²) < 4.78 is 56.8. The Kier molecular flexibility index (Phi) is 4.15. The molecule has 0 aliphatic rings. The number of halogens is 3. The second-order valence-corrected chi connectivity index (χ2v) is 4.83. The van der Waals surface area contributed by atoms with Gasteiger partial charge in [-0.15, -0.1) is 0 Å². The molecule has 1 atom stereocenters. The molecule has 0 aliphatic carbocycles. The van der Waals surface area contributed by atoms with Crippen molar-refractivity contribution in [3.8, 4) is 11.3 Å². The van der Waals surface area contributed by atoms with Crippen molar-refractivity contribution in [2.45, 2.75) is 11.9 Å². The number of alkyl halides is 3. The smallest absolute Gasteiger partial charge is 0.306 e. The van der Waals surface area contributed by atoms with Crippen LogP contribution in [-0.2, 0) is 23.0 Å². The van der Waals surface area contributed by atoms with Gasteiger partial charge in [0, 0.05) is 11.8 Å². The quantitative estimate of drug-likeness (QED) is 0.886. The molecule has 0 bridgehead atoms. The molecule has 0 saturated heterocycles. The van der Waals surface area contributed by atoms with Crippen molar-refractivity contribution in [1.29, 1.82) is 0 Å². The lowest BCUT2D eigenvalue weighted by atomic mass is 10.1. The number of benzene rings is 1. The molecule has 0 aliphatic heterocycles. The fourth-order valence-corrected chi connectivity index (χ4v) is 1.93. The van der Waals surface area contributed by atoms with E-state index < -0.39 is 22.8 Å². The van der Waals surface area contributed by atoms with Crippen molar-refractivity contribution in [3.05, 3.63) is 47.9 Å². The first-order valence-corrected chi connectivity index (χ1v) is 6.71. The predicted molar refractivity (Wildman–Crippen MR) is 66.9 cm³/mol. The van der Waals surface area contributed by atoms with E-state index in [1.165, 1.54) is 24.4 Å². The molecule has 8 heteroatoms. The van der Waals surface area contributed by atoms with Crippen LogP contribution in [0.3, 0.4) is 0 Å². The number of hydrogen-bond acceptors (Lipinski definition) is 3. The van der Waals surface area contributed by atoms with Crippen LogP contribution in [0.25, 0.3) is 11.3 Å². The minimum absolute atomic E-state index is 0.156. The lowest BCUT2D eigenvalue weighted by Gasteiger charge is -2.07. The monoisotopic (exact) mass is 302 g/mol. The highest BCUT2D eigenvalue weighted by Crippen LogP contribution is 2.30. The van der Waals surface area contributed by atoms with E-state index in [1.807, 2.05) is 0 Å². The van der Waals surface area contributed by atoms with Gasteiger partial charge in [-0.1, -0.05) is 12.1 Å². The zero-order valence-electron chi connectivity index (χ0n) is 9.96. The summed E-state index contributed by atoms with van der Waals surface area (Å²) in [5, 5.41) is 0. The Hall–Kier alpha value is -1.80. The van der Waals surface area contributed by atoms with Gasteiger partial charge in [0.2, 0.25) is 0 Å². The van der Waals surface area contributed by atoms with E-state index in [2.05, 4.69) is 9.97 Å². The number of nitrogens with zero attached hydrogens (tertiary/aromatic N) is 2. The van der Waals surface area contributed by atoms with Crippen LogP contribution < -0.4 is 0 Å². The minimum Gasteiger partial charge on any atom is -0.306 e. The van der Waals surface area contributed by atoms with E-state index in [4.69, 9.17) is 4.55 Å². The van der Waals surface area contributed by atoms with Gasteiger partial charge in [0.25, 0.3) is 0 Å². The van der Waals surface area contributed by atoms with Crippen molar-refractivity contribution in [2.24, 2.45) is 0 Å². The summed E-state index contributed by atoms with van der Waals surface area (Å²) in [6, 6.07) is 6.03. The van der Waals surface area contributed by atoms with Crippen LogP contribution in [0.4, 0.5) is 13.2 Å². The first-order valence-electron chi connectivity index (χ1n) is 5.43. The molecule has 0 spiro atoms. The summed E-state index contributed by atoms with van der Waals surface area (Å²) in [4.78, 5) is 7.85. The molecule has 1 aromatic heterocycles. The van der Waals surface area contributed by atoms with E-state index in [9.17, 15) is 17.4 Å². The molecule has 0 radical (unpaired) electrons. The second kappa shape index (κ2) is 5.68. The lowest BCUT2D eigenvalue weighted by molar-refractivity contribution is -0.137. The van der Waals surface area contributed by atoms with E-state index in [1.54, 1.807) is 0 Å². The van der Waals surface area contributed by atoms with Crippen LogP contribution in [0.1, 0.15) is 11.4 Å². The molecule has 0 saturated carbocycles. The maximum Gasteiger partial charge on any atom is 0.416 e. The van der Waals surface area contributed by atoms with Gasteiger partial charge in [0.05, 0.1) is 11.3 Å². The molecular formula is C12H9F3N2O2S. The van der Waals surface area contributed by atoms with Crippen molar-refractivity contribution < 1.29 is 21.9 Å². The van der Waals surface area contributed by atoms with Gasteiger partial charge in [-0.05, 0) is 18.2 Å². The van der Waals surface area contributed by atoms with E-state index in [0.717, 1.165) is 12.1 Å². The summed E-state index contributed by atoms with van der Waals surface area (Å²) in [6.07, 6.45) is -2.99. The Morgan fingerprint density at radius 3 is 2.35 bits per heavy atom. The van der Waals surface area contributed by atoms with E-state index in [0.29, 0.717) is 11.3 Å². The van der Waals surface area contributed by atoms with Gasteiger partial charge < -0.3 is 4.55 Å². The van der Waals surface area contributed by atoms with Crippen molar-refractivity contribution in [3.63, 3.8) is 0 Å². The van der Waals surface area contributed by atoms with Gasteiger partial charge in [-0.3, -0.25) is 0 Å². The van der Waals surface area contributed by atoms with Gasteiger partial charge >= 0.3 is 6.18 Å². The Labute approximate surface area is 115 Å². The average Bonchev–Trinajstić information content (AvgIpc) is 2.37. The molecule has 2 rings (SSSR count). The van der Waals surface area contributed by atoms with Crippen LogP contribution in [-0.4, -0.2) is 18.7 Å². The van der Waals surface area contributed by atoms with Crippen molar-refractivity contribution in [1.82, 2.24) is 9.97 Å². The first-order chi connectivity index (χ1) is 9.36. The summed E-state index contributed by atoms with van der Waals surface area (Å²) >= 11 is -2.07. The SMILES string of the molecule is O=S(O)Cc1nccc(-c2ccc(C(F)(F)F)cc2)n1. The fraction of sp³-hybridized carbons (Fsp3) is 0.167. The summed E-state index contributed by atoms with van der Waals surface area (Å²) in [6.45, 7) is 0. The normalized spacial score (nSPS) is 13.2. The molecule has 1 unspecified atom stereocenters. The highest BCUT2D eigenvalue weighted by Gasteiger charge is 2.29. The maximum atomic E-state index is 12.4. The highest BCUT2D eigenvalue weighted by molar-refractivity contribution is 7.78. The molecule has 0 fully saturated rings. The number of hydrogen-bond donors (Lipinski definition) is 1. The molecule has 20 heavy (non-hydrogen) atoms. The molecular weight excluding hydrogens is 293 g/mol. The Bertz CT molecular complexity index is 629. The zero-order chi connectivity index (χ0) is 14.8. The third-order valence-corrected chi connectivity index (χ3v) is 2.97. The third-order valence-electron chi connectivity index (χ3n) is 2.47. The molecule has 1 heterocycles. The van der Waals surface area contributed by atoms with Crippen LogP contribution >= 0.6 is 0 Å². The third kappa shape index (κ3) is 3.61. The average molecular weight is 302 g/mol. The molecule has 4 nitrogen and oxygen atoms in total. The van der Waals surface area contributed by atoms with Gasteiger partial charge in [0.15, 0.2) is 11.1 Å². The fourth-order valence-electron chi connectivity index (χ4n) is 1.57. The van der Waals surface area contributed by atoms with Gasteiger partial charge in [-0.25, -0.2) is 14.2 Å². The van der Waals surface area contributed by atoms with Crippen LogP contribution in [0.5, 0.6) is 0 Å². The van der Waals surface area contributed by atoms with Gasteiger partial charge in [0.1, 0.15) is 11.6 Å². The second-order valence-electron chi connectivity index (χ2n) is 3.90. The molecule has 0 amide bonds. The topological polar surface area (TPSA) is 63.1 Å². The Morgan fingerprint density at radius 2 is 1.80 bits per heavy atom. The number of rotatable bonds is 3. The Balaban J connectivity index is 2.30. The summed E-state index contributed by atoms with van der Waals surface area (Å²) in [5.74, 6) is -0.0719. The maximum absolute atomic E-state index is 12.4. The summed E-state index contributed by atoms with van der Waals surface area (Å²) in [7, 11) is 0. The predicted octanol–water partition coefficient (Wildman–Crippen LogP) is 2.88. The first kappa shape index (κ1) is 14.6. The largest absolute Gasteiger partial charge is 0.416 e. The number of aromatic nitrogens is 2. The van der Waals surface area contributed by atoms with Crippen molar-refractivity contribution >= 4 is 11.1 Å². The summed E-state index contributed by atoms with van der Waals surface area (Å²) in [5.41, 5.74) is 0.131. The minimum atomic E-state index is -4.39. The lowest BCUT2D eigenvalue weighted by Crippen LogP contribution is -2.04. The highest BCUT2D eigenvalue weighted by atomic mass is 32.2. The molecule has 1 aromatic carbocycles. The Morgan fingerprint density at radius 1 is 1.15 bits per heavy atom. The standard InChI is InChI=1S/C12H9F3N2O2S/c13-12(14,15)9-3-1-8(2-4-9)10-5-6-16-11(17-10)7-20(18)19/h1-6H,7H2,(H,18,19). The zero-order valence-corrected chi connectivity index (χ0v) is 10.8. The van der Waals surface area contributed by atoms with Crippen LogP contribution in [0.2, 0.25) is 0 Å². The van der Waals surface area contributed by atoms with E-state index >= 15 is 0 Å². The van der Waals surface area contributed by atoms with Crippen LogP contribution in [0, 0.1) is 0 Å². The van der Waals surface area contributed by atoms with Gasteiger partial charge in [-0.2, -0.15) is 13.2 Å².